The van der Waals surface area contributed by atoms with Crippen LogP contribution in [-0.2, 0) is 0 Å². The van der Waals surface area contributed by atoms with Gasteiger partial charge >= 0.3 is 0 Å². The minimum absolute atomic E-state index is 1.22. The number of rotatable bonds is 4. The van der Waals surface area contributed by atoms with Crippen LogP contribution in [0.25, 0.3) is 87.6 Å². The zero-order valence-corrected chi connectivity index (χ0v) is 26.2. The highest BCUT2D eigenvalue weighted by atomic mass is 14.2. The molecule has 0 saturated carbocycles. The molecule has 0 amide bonds. The lowest BCUT2D eigenvalue weighted by Crippen LogP contribution is -1.91. The predicted molar refractivity (Wildman–Crippen MR) is 203 cm³/mol. The summed E-state index contributed by atoms with van der Waals surface area (Å²) in [4.78, 5) is 0. The van der Waals surface area contributed by atoms with Crippen LogP contribution in [0, 0.1) is 6.92 Å². The number of fused-ring (bicyclic) bond motifs is 4. The average molecular weight is 597 g/mol. The van der Waals surface area contributed by atoms with Crippen LogP contribution in [0.4, 0.5) is 0 Å². The third-order valence-corrected chi connectivity index (χ3v) is 9.70. The predicted octanol–water partition coefficient (Wildman–Crippen LogP) is 13.3. The normalized spacial score (nSPS) is 11.5. The zero-order chi connectivity index (χ0) is 31.3. The van der Waals surface area contributed by atoms with Crippen molar-refractivity contribution < 1.29 is 0 Å². The summed E-state index contributed by atoms with van der Waals surface area (Å²) < 4.78 is 0. The van der Waals surface area contributed by atoms with Crippen molar-refractivity contribution in [1.29, 1.82) is 0 Å². The molecule has 0 atom stereocenters. The summed E-state index contributed by atoms with van der Waals surface area (Å²) in [6, 6.07) is 64.8. The van der Waals surface area contributed by atoms with Crippen LogP contribution in [0.1, 0.15) is 5.56 Å². The maximum Gasteiger partial charge on any atom is -0.00261 e. The van der Waals surface area contributed by atoms with Gasteiger partial charge in [0.1, 0.15) is 0 Å². The van der Waals surface area contributed by atoms with Gasteiger partial charge in [-0.15, -0.1) is 0 Å². The lowest BCUT2D eigenvalue weighted by Gasteiger charge is -2.18. The standard InChI is InChI=1S/C47H32/c1-31-20-22-34(23-21-31)46-41-15-4-6-17-43(41)47(44-18-7-5-16-42(44)46)39-27-25-33-12-9-19-40(45(33)30-39)38-14-8-13-36(29-38)37-26-24-32-10-2-3-11-35(32)28-37/h2-30H,1H3. The minimum Gasteiger partial charge on any atom is -0.0616 e. The van der Waals surface area contributed by atoms with Crippen LogP contribution in [0.2, 0.25) is 0 Å². The molecule has 220 valence electrons. The van der Waals surface area contributed by atoms with Gasteiger partial charge in [0.05, 0.1) is 0 Å². The lowest BCUT2D eigenvalue weighted by molar-refractivity contribution is 1.47. The van der Waals surface area contributed by atoms with Gasteiger partial charge in [-0.05, 0) is 113 Å². The van der Waals surface area contributed by atoms with Crippen molar-refractivity contribution >= 4 is 43.1 Å². The van der Waals surface area contributed by atoms with Crippen LogP contribution >= 0.6 is 0 Å². The summed E-state index contributed by atoms with van der Waals surface area (Å²) >= 11 is 0. The summed E-state index contributed by atoms with van der Waals surface area (Å²) in [6.45, 7) is 2.15. The molecule has 9 aromatic rings. The SMILES string of the molecule is Cc1ccc(-c2c3ccccc3c(-c3ccc4cccc(-c5cccc(-c6ccc7ccccc7c6)c5)c4c3)c3ccccc23)cc1. The molecule has 0 heterocycles. The molecule has 0 nitrogen and oxygen atoms in total. The highest BCUT2D eigenvalue weighted by molar-refractivity contribution is 6.22. The molecule has 0 bridgehead atoms. The molecule has 0 heteroatoms. The monoisotopic (exact) mass is 596 g/mol. The van der Waals surface area contributed by atoms with Crippen molar-refractivity contribution in [2.24, 2.45) is 0 Å². The number of aryl methyl sites for hydroxylation is 1. The topological polar surface area (TPSA) is 0 Å². The Morgan fingerprint density at radius 3 is 1.51 bits per heavy atom. The van der Waals surface area contributed by atoms with Crippen molar-refractivity contribution in [2.75, 3.05) is 0 Å². The Morgan fingerprint density at radius 1 is 0.277 bits per heavy atom. The lowest BCUT2D eigenvalue weighted by atomic mass is 9.85. The van der Waals surface area contributed by atoms with Gasteiger partial charge < -0.3 is 0 Å². The summed E-state index contributed by atoms with van der Waals surface area (Å²) in [7, 11) is 0. The van der Waals surface area contributed by atoms with Gasteiger partial charge in [0.15, 0.2) is 0 Å². The fourth-order valence-electron chi connectivity index (χ4n) is 7.39. The molecule has 0 saturated heterocycles. The summed E-state index contributed by atoms with van der Waals surface area (Å²) in [5, 5.41) is 10.1. The summed E-state index contributed by atoms with van der Waals surface area (Å²) in [5.74, 6) is 0. The van der Waals surface area contributed by atoms with Gasteiger partial charge in [0.25, 0.3) is 0 Å². The Labute approximate surface area is 275 Å². The van der Waals surface area contributed by atoms with Crippen LogP contribution < -0.4 is 0 Å². The molecule has 0 N–H and O–H groups in total. The van der Waals surface area contributed by atoms with Crippen molar-refractivity contribution in [1.82, 2.24) is 0 Å². The number of benzene rings is 9. The van der Waals surface area contributed by atoms with E-state index in [4.69, 9.17) is 0 Å². The molecule has 9 aromatic carbocycles. The Hall–Kier alpha value is -5.98. The van der Waals surface area contributed by atoms with Crippen molar-refractivity contribution in [3.8, 4) is 44.5 Å². The molecule has 0 spiro atoms. The van der Waals surface area contributed by atoms with Crippen LogP contribution in [-0.4, -0.2) is 0 Å². The fourth-order valence-corrected chi connectivity index (χ4v) is 7.39. The summed E-state index contributed by atoms with van der Waals surface area (Å²) in [5.41, 5.74) is 11.3. The van der Waals surface area contributed by atoms with Gasteiger partial charge in [0.2, 0.25) is 0 Å². The smallest absolute Gasteiger partial charge is 0.00261 e. The highest BCUT2D eigenvalue weighted by Crippen LogP contribution is 2.44. The molecule has 0 aliphatic carbocycles. The second-order valence-corrected chi connectivity index (χ2v) is 12.6. The van der Waals surface area contributed by atoms with E-state index in [1.54, 1.807) is 0 Å². The van der Waals surface area contributed by atoms with E-state index in [-0.39, 0.29) is 0 Å². The Morgan fingerprint density at radius 2 is 0.787 bits per heavy atom. The van der Waals surface area contributed by atoms with Gasteiger partial charge in [-0.25, -0.2) is 0 Å². The van der Waals surface area contributed by atoms with Crippen molar-refractivity contribution in [3.63, 3.8) is 0 Å². The van der Waals surface area contributed by atoms with Crippen LogP contribution in [0.3, 0.4) is 0 Å². The van der Waals surface area contributed by atoms with Gasteiger partial charge in [-0.3, -0.25) is 0 Å². The minimum atomic E-state index is 1.22. The molecule has 0 unspecified atom stereocenters. The molecule has 9 rings (SSSR count). The molecular formula is C47H32. The average Bonchev–Trinajstić information content (AvgIpc) is 3.13. The first kappa shape index (κ1) is 27.3. The van der Waals surface area contributed by atoms with E-state index in [9.17, 15) is 0 Å². The Balaban J connectivity index is 1.25. The van der Waals surface area contributed by atoms with Gasteiger partial charge in [0, 0.05) is 0 Å². The molecule has 0 aromatic heterocycles. The quantitative estimate of drug-likeness (QED) is 0.177. The molecule has 0 radical (unpaired) electrons. The molecule has 0 fully saturated rings. The van der Waals surface area contributed by atoms with Crippen molar-refractivity contribution in [2.45, 2.75) is 6.92 Å². The van der Waals surface area contributed by atoms with E-state index in [0.717, 1.165) is 0 Å². The highest BCUT2D eigenvalue weighted by Gasteiger charge is 2.17. The third-order valence-electron chi connectivity index (χ3n) is 9.70. The molecule has 0 aliphatic rings. The van der Waals surface area contributed by atoms with E-state index in [2.05, 4.69) is 183 Å². The fraction of sp³-hybridized carbons (Fsp3) is 0.0213. The molecule has 0 aliphatic heterocycles. The second kappa shape index (κ2) is 11.1. The van der Waals surface area contributed by atoms with E-state index >= 15 is 0 Å². The Kier molecular flexibility index (Phi) is 6.47. The van der Waals surface area contributed by atoms with Crippen LogP contribution in [0.5, 0.6) is 0 Å². The van der Waals surface area contributed by atoms with E-state index in [1.165, 1.54) is 93.2 Å². The first-order valence-corrected chi connectivity index (χ1v) is 16.3. The van der Waals surface area contributed by atoms with Crippen LogP contribution in [0.15, 0.2) is 176 Å². The zero-order valence-electron chi connectivity index (χ0n) is 26.2. The maximum atomic E-state index is 2.41. The third kappa shape index (κ3) is 4.69. The first-order valence-electron chi connectivity index (χ1n) is 16.3. The molecular weight excluding hydrogens is 565 g/mol. The van der Waals surface area contributed by atoms with Gasteiger partial charge in [-0.1, -0.05) is 163 Å². The second-order valence-electron chi connectivity index (χ2n) is 12.6. The van der Waals surface area contributed by atoms with E-state index in [0.29, 0.717) is 0 Å². The van der Waals surface area contributed by atoms with Gasteiger partial charge in [-0.2, -0.15) is 0 Å². The maximum absolute atomic E-state index is 2.41. The largest absolute Gasteiger partial charge is 0.0616 e. The molecule has 47 heavy (non-hydrogen) atoms. The van der Waals surface area contributed by atoms with E-state index < -0.39 is 0 Å². The van der Waals surface area contributed by atoms with E-state index in [1.807, 2.05) is 0 Å². The number of hydrogen-bond donors (Lipinski definition) is 0. The Bertz CT molecular complexity index is 2560. The number of hydrogen-bond acceptors (Lipinski definition) is 0. The summed E-state index contributed by atoms with van der Waals surface area (Å²) in [6.07, 6.45) is 0. The van der Waals surface area contributed by atoms with Crippen molar-refractivity contribution in [3.05, 3.63) is 181 Å². The first-order chi connectivity index (χ1) is 23.2.